The van der Waals surface area contributed by atoms with Gasteiger partial charge in [0, 0.05) is 10.9 Å². The van der Waals surface area contributed by atoms with E-state index in [2.05, 4.69) is 62.4 Å². The van der Waals surface area contributed by atoms with Gasteiger partial charge in [-0.05, 0) is 48.3 Å². The zero-order valence-electron chi connectivity index (χ0n) is 10.1. The lowest BCUT2D eigenvalue weighted by molar-refractivity contribution is 0.485. The minimum atomic E-state index is 0.189. The molecule has 1 atom stereocenters. The Bertz CT molecular complexity index is 476. The largest absolute Gasteiger partial charge is 0.307 e. The predicted octanol–water partition coefficient (Wildman–Crippen LogP) is 3.60. The van der Waals surface area contributed by atoms with E-state index >= 15 is 0 Å². The molecule has 17 heavy (non-hydrogen) atoms. The van der Waals surface area contributed by atoms with Gasteiger partial charge < -0.3 is 5.32 Å². The van der Waals surface area contributed by atoms with E-state index in [1.54, 1.807) is 11.3 Å². The first-order valence-electron chi connectivity index (χ1n) is 5.58. The van der Waals surface area contributed by atoms with Gasteiger partial charge >= 0.3 is 0 Å². The first-order valence-corrected chi connectivity index (χ1v) is 7.26. The van der Waals surface area contributed by atoms with Gasteiger partial charge in [-0.15, -0.1) is 11.3 Å². The molecule has 0 saturated heterocycles. The van der Waals surface area contributed by atoms with Crippen LogP contribution in [0, 0.1) is 0 Å². The highest BCUT2D eigenvalue weighted by atomic mass is 79.9. The van der Waals surface area contributed by atoms with Gasteiger partial charge in [0.15, 0.2) is 0 Å². The average molecular weight is 314 g/mol. The van der Waals surface area contributed by atoms with Crippen molar-refractivity contribution in [2.45, 2.75) is 25.9 Å². The molecule has 0 aliphatic rings. The molecule has 5 heteroatoms. The van der Waals surface area contributed by atoms with Gasteiger partial charge in [0.2, 0.25) is 0 Å². The summed E-state index contributed by atoms with van der Waals surface area (Å²) in [6.45, 7) is 4.29. The van der Waals surface area contributed by atoms with Gasteiger partial charge in [0.05, 0.1) is 22.4 Å². The Morgan fingerprint density at radius 3 is 2.76 bits per heavy atom. The number of thiophene rings is 1. The molecule has 0 saturated carbocycles. The normalized spacial score (nSPS) is 13.2. The van der Waals surface area contributed by atoms with Gasteiger partial charge in [-0.1, -0.05) is 6.07 Å². The standard InChI is InChI=1S/C12H16BrN3S/c1-8(2)16-12(9(13)7-15-16)11(14-3)10-5-4-6-17-10/h4-8,11,14H,1-3H3. The third kappa shape index (κ3) is 2.46. The second kappa shape index (κ2) is 5.33. The van der Waals surface area contributed by atoms with Crippen LogP contribution in [0.2, 0.25) is 0 Å². The van der Waals surface area contributed by atoms with Crippen molar-refractivity contribution in [2.24, 2.45) is 0 Å². The lowest BCUT2D eigenvalue weighted by Gasteiger charge is -2.19. The molecule has 1 unspecified atom stereocenters. The van der Waals surface area contributed by atoms with Crippen LogP contribution >= 0.6 is 27.3 Å². The van der Waals surface area contributed by atoms with Crippen molar-refractivity contribution in [2.75, 3.05) is 7.05 Å². The molecule has 0 aromatic carbocycles. The summed E-state index contributed by atoms with van der Waals surface area (Å²) in [4.78, 5) is 1.30. The highest BCUT2D eigenvalue weighted by Gasteiger charge is 2.22. The average Bonchev–Trinajstić information content (AvgIpc) is 2.91. The van der Waals surface area contributed by atoms with Crippen LogP contribution in [0.15, 0.2) is 28.2 Å². The Morgan fingerprint density at radius 2 is 2.24 bits per heavy atom. The van der Waals surface area contributed by atoms with Crippen LogP contribution < -0.4 is 5.32 Å². The highest BCUT2D eigenvalue weighted by molar-refractivity contribution is 9.10. The molecule has 0 amide bonds. The van der Waals surface area contributed by atoms with Gasteiger partial charge in [-0.25, -0.2) is 0 Å². The number of aromatic nitrogens is 2. The fourth-order valence-corrected chi connectivity index (χ4v) is 3.24. The molecule has 2 aromatic heterocycles. The molecule has 0 aliphatic carbocycles. The van der Waals surface area contributed by atoms with Crippen molar-refractivity contribution in [3.8, 4) is 0 Å². The predicted molar refractivity (Wildman–Crippen MR) is 75.5 cm³/mol. The second-order valence-corrected chi connectivity index (χ2v) is 5.99. The summed E-state index contributed by atoms with van der Waals surface area (Å²) in [5.41, 5.74) is 1.19. The lowest BCUT2D eigenvalue weighted by Crippen LogP contribution is -2.22. The van der Waals surface area contributed by atoms with E-state index in [0.29, 0.717) is 6.04 Å². The van der Waals surface area contributed by atoms with E-state index in [1.807, 2.05) is 13.2 Å². The summed E-state index contributed by atoms with van der Waals surface area (Å²) in [5.74, 6) is 0. The summed E-state index contributed by atoms with van der Waals surface area (Å²) in [5, 5.41) is 9.89. The van der Waals surface area contributed by atoms with Crippen molar-refractivity contribution >= 4 is 27.3 Å². The summed E-state index contributed by atoms with van der Waals surface area (Å²) < 4.78 is 3.12. The first-order chi connectivity index (χ1) is 8.15. The van der Waals surface area contributed by atoms with Crippen LogP contribution in [-0.4, -0.2) is 16.8 Å². The SMILES string of the molecule is CNC(c1cccs1)c1c(Br)cnn1C(C)C. The van der Waals surface area contributed by atoms with Crippen LogP contribution in [0.3, 0.4) is 0 Å². The van der Waals surface area contributed by atoms with Crippen molar-refractivity contribution in [1.29, 1.82) is 0 Å². The molecule has 1 N–H and O–H groups in total. The van der Waals surface area contributed by atoms with Crippen LogP contribution in [0.25, 0.3) is 0 Å². The smallest absolute Gasteiger partial charge is 0.0851 e. The summed E-state index contributed by atoms with van der Waals surface area (Å²) >= 11 is 5.35. The molecule has 0 radical (unpaired) electrons. The van der Waals surface area contributed by atoms with Crippen molar-refractivity contribution < 1.29 is 0 Å². The minimum Gasteiger partial charge on any atom is -0.307 e. The van der Waals surface area contributed by atoms with E-state index in [4.69, 9.17) is 0 Å². The zero-order chi connectivity index (χ0) is 12.4. The molecule has 3 nitrogen and oxygen atoms in total. The summed E-state index contributed by atoms with van der Waals surface area (Å²) in [6, 6.07) is 4.77. The fourth-order valence-electron chi connectivity index (χ4n) is 1.90. The number of halogens is 1. The third-order valence-corrected chi connectivity index (χ3v) is 4.21. The van der Waals surface area contributed by atoms with E-state index in [-0.39, 0.29) is 6.04 Å². The number of hydrogen-bond acceptors (Lipinski definition) is 3. The Morgan fingerprint density at radius 1 is 1.47 bits per heavy atom. The van der Waals surface area contributed by atoms with Crippen molar-refractivity contribution in [1.82, 2.24) is 15.1 Å². The Kier molecular flexibility index (Phi) is 4.01. The van der Waals surface area contributed by atoms with E-state index in [1.165, 1.54) is 10.6 Å². The monoisotopic (exact) mass is 313 g/mol. The van der Waals surface area contributed by atoms with E-state index < -0.39 is 0 Å². The van der Waals surface area contributed by atoms with E-state index in [0.717, 1.165) is 4.47 Å². The Hall–Kier alpha value is -0.650. The first kappa shape index (κ1) is 12.8. The Labute approximate surface area is 114 Å². The van der Waals surface area contributed by atoms with Crippen LogP contribution in [0.5, 0.6) is 0 Å². The molecular formula is C12H16BrN3S. The molecule has 0 bridgehead atoms. The molecule has 2 aromatic rings. The number of hydrogen-bond donors (Lipinski definition) is 1. The third-order valence-electron chi connectivity index (χ3n) is 2.67. The highest BCUT2D eigenvalue weighted by Crippen LogP contribution is 2.32. The lowest BCUT2D eigenvalue weighted by atomic mass is 10.1. The maximum absolute atomic E-state index is 4.43. The van der Waals surface area contributed by atoms with Gasteiger partial charge in [-0.3, -0.25) is 4.68 Å². The summed E-state index contributed by atoms with van der Waals surface area (Å²) in [6.07, 6.45) is 1.87. The van der Waals surface area contributed by atoms with Crippen molar-refractivity contribution in [3.05, 3.63) is 38.8 Å². The van der Waals surface area contributed by atoms with Crippen LogP contribution in [-0.2, 0) is 0 Å². The number of nitrogens with one attached hydrogen (secondary N) is 1. The molecule has 2 rings (SSSR count). The number of nitrogens with zero attached hydrogens (tertiary/aromatic N) is 2. The molecule has 2 heterocycles. The van der Waals surface area contributed by atoms with Crippen LogP contribution in [0.4, 0.5) is 0 Å². The van der Waals surface area contributed by atoms with Crippen molar-refractivity contribution in [3.63, 3.8) is 0 Å². The van der Waals surface area contributed by atoms with Gasteiger partial charge in [0.25, 0.3) is 0 Å². The Balaban J connectivity index is 2.47. The topological polar surface area (TPSA) is 29.9 Å². The molecule has 92 valence electrons. The quantitative estimate of drug-likeness (QED) is 0.934. The van der Waals surface area contributed by atoms with Crippen LogP contribution in [0.1, 0.15) is 36.5 Å². The second-order valence-electron chi connectivity index (χ2n) is 4.15. The zero-order valence-corrected chi connectivity index (χ0v) is 12.5. The maximum atomic E-state index is 4.43. The summed E-state index contributed by atoms with van der Waals surface area (Å²) in [7, 11) is 1.98. The minimum absolute atomic E-state index is 0.189. The molecule has 0 fully saturated rings. The number of rotatable bonds is 4. The maximum Gasteiger partial charge on any atom is 0.0851 e. The van der Waals surface area contributed by atoms with E-state index in [9.17, 15) is 0 Å². The van der Waals surface area contributed by atoms with Gasteiger partial charge in [-0.2, -0.15) is 5.10 Å². The molecule has 0 aliphatic heterocycles. The fraction of sp³-hybridized carbons (Fsp3) is 0.417. The molecular weight excluding hydrogens is 298 g/mol. The molecule has 0 spiro atoms. The van der Waals surface area contributed by atoms with Gasteiger partial charge in [0.1, 0.15) is 0 Å².